The van der Waals surface area contributed by atoms with Crippen molar-refractivity contribution in [1.82, 2.24) is 5.32 Å². The van der Waals surface area contributed by atoms with Crippen LogP contribution >= 0.6 is 0 Å². The van der Waals surface area contributed by atoms with Crippen LogP contribution in [0.15, 0.2) is 12.2 Å². The minimum absolute atomic E-state index is 0.00892. The molecular formula is C19H29NO3. The third-order valence-electron chi connectivity index (χ3n) is 6.09. The van der Waals surface area contributed by atoms with Gasteiger partial charge < -0.3 is 10.1 Å². The summed E-state index contributed by atoms with van der Waals surface area (Å²) in [5.41, 5.74) is -1.44. The summed E-state index contributed by atoms with van der Waals surface area (Å²) in [5.74, 6) is -0.0438. The van der Waals surface area contributed by atoms with Gasteiger partial charge in [0, 0.05) is 0 Å². The second-order valence-corrected chi connectivity index (χ2v) is 7.62. The van der Waals surface area contributed by atoms with Gasteiger partial charge in [-0.1, -0.05) is 44.8 Å². The van der Waals surface area contributed by atoms with Crippen molar-refractivity contribution in [3.05, 3.63) is 12.2 Å². The molecule has 2 heterocycles. The number of fused-ring (bicyclic) bond motifs is 1. The number of amides is 1. The molecule has 0 aromatic heterocycles. The first-order valence-corrected chi connectivity index (χ1v) is 9.25. The molecule has 3 aliphatic rings. The quantitative estimate of drug-likeness (QED) is 0.444. The van der Waals surface area contributed by atoms with Gasteiger partial charge in [0.25, 0.3) is 0 Å². The number of rotatable bonds is 7. The Hall–Kier alpha value is -1.32. The fourth-order valence-electron chi connectivity index (χ4n) is 4.58. The lowest BCUT2D eigenvalue weighted by atomic mass is 9.66. The topological polar surface area (TPSA) is 55.4 Å². The fourth-order valence-corrected chi connectivity index (χ4v) is 4.58. The number of hydrogen-bond acceptors (Lipinski definition) is 3. The van der Waals surface area contributed by atoms with Crippen LogP contribution in [0.25, 0.3) is 0 Å². The van der Waals surface area contributed by atoms with E-state index >= 15 is 0 Å². The molecule has 1 amide bonds. The van der Waals surface area contributed by atoms with Crippen molar-refractivity contribution in [3.8, 4) is 0 Å². The number of unbranched alkanes of at least 4 members (excludes halogenated alkanes) is 3. The lowest BCUT2D eigenvalue weighted by Crippen LogP contribution is -2.74. The van der Waals surface area contributed by atoms with Gasteiger partial charge in [-0.15, -0.1) is 0 Å². The van der Waals surface area contributed by atoms with E-state index in [2.05, 4.69) is 24.4 Å². The first-order chi connectivity index (χ1) is 11.0. The summed E-state index contributed by atoms with van der Waals surface area (Å²) >= 11 is 0. The molecule has 4 nitrogen and oxygen atoms in total. The normalized spacial score (nSPS) is 38.7. The van der Waals surface area contributed by atoms with Gasteiger partial charge in [-0.05, 0) is 44.9 Å². The fraction of sp³-hybridized carbons (Fsp3) is 0.789. The highest BCUT2D eigenvalue weighted by Gasteiger charge is 2.75. The van der Waals surface area contributed by atoms with Gasteiger partial charge in [-0.2, -0.15) is 0 Å². The average Bonchev–Trinajstić information content (AvgIpc) is 2.70. The number of allylic oxidation sites excluding steroid dienone is 2. The van der Waals surface area contributed by atoms with Crippen LogP contribution in [-0.2, 0) is 14.3 Å². The summed E-state index contributed by atoms with van der Waals surface area (Å²) in [4.78, 5) is 24.9. The van der Waals surface area contributed by atoms with E-state index < -0.39 is 11.1 Å². The molecule has 0 saturated carbocycles. The second kappa shape index (κ2) is 6.29. The van der Waals surface area contributed by atoms with Gasteiger partial charge in [0.15, 0.2) is 11.1 Å². The standard InChI is InChI=1S/C19H29NO3/c1-3-4-5-9-12-15-16(21)20-19(17(22)23-18(15,19)2)13-14-10-7-6-8-11-14/h7,10,14-15H,3-6,8-9,11-13H2,1-2H3,(H,20,21)/t14-,15+,18+,19+/m1/s1. The molecule has 2 aliphatic heterocycles. The van der Waals surface area contributed by atoms with Crippen molar-refractivity contribution >= 4 is 11.9 Å². The van der Waals surface area contributed by atoms with Gasteiger partial charge in [-0.25, -0.2) is 4.79 Å². The third-order valence-corrected chi connectivity index (χ3v) is 6.09. The number of ether oxygens (including phenoxy) is 1. The lowest BCUT2D eigenvalue weighted by molar-refractivity contribution is -0.222. The number of nitrogens with one attached hydrogen (secondary N) is 1. The van der Waals surface area contributed by atoms with Crippen LogP contribution in [0, 0.1) is 11.8 Å². The number of carbonyl (C=O) groups excluding carboxylic acids is 2. The minimum atomic E-state index is -0.786. The van der Waals surface area contributed by atoms with Gasteiger partial charge in [0.2, 0.25) is 5.91 Å². The number of hydrogen-bond donors (Lipinski definition) is 1. The van der Waals surface area contributed by atoms with Gasteiger partial charge in [0.1, 0.15) is 0 Å². The largest absolute Gasteiger partial charge is 0.453 e. The summed E-state index contributed by atoms with van der Waals surface area (Å²) in [6, 6.07) is 0. The molecule has 1 aliphatic carbocycles. The molecule has 0 spiro atoms. The Morgan fingerprint density at radius 2 is 2.13 bits per heavy atom. The Morgan fingerprint density at radius 3 is 2.78 bits per heavy atom. The summed E-state index contributed by atoms with van der Waals surface area (Å²) < 4.78 is 5.59. The maximum atomic E-state index is 12.5. The Morgan fingerprint density at radius 1 is 1.30 bits per heavy atom. The van der Waals surface area contributed by atoms with Crippen LogP contribution in [-0.4, -0.2) is 23.0 Å². The molecule has 0 aromatic carbocycles. The lowest BCUT2D eigenvalue weighted by Gasteiger charge is -2.52. The van der Waals surface area contributed by atoms with Crippen molar-refractivity contribution in [2.75, 3.05) is 0 Å². The summed E-state index contributed by atoms with van der Waals surface area (Å²) in [6.07, 6.45) is 13.8. The van der Waals surface area contributed by atoms with Crippen LogP contribution < -0.4 is 5.32 Å². The molecule has 0 aromatic rings. The first kappa shape index (κ1) is 16.5. The second-order valence-electron chi connectivity index (χ2n) is 7.62. The molecule has 0 bridgehead atoms. The van der Waals surface area contributed by atoms with E-state index in [9.17, 15) is 9.59 Å². The van der Waals surface area contributed by atoms with Crippen LogP contribution in [0.3, 0.4) is 0 Å². The summed E-state index contributed by atoms with van der Waals surface area (Å²) in [6.45, 7) is 4.14. The van der Waals surface area contributed by atoms with E-state index in [0.29, 0.717) is 12.3 Å². The van der Waals surface area contributed by atoms with E-state index in [4.69, 9.17) is 4.74 Å². The molecule has 0 radical (unpaired) electrons. The first-order valence-electron chi connectivity index (χ1n) is 9.25. The van der Waals surface area contributed by atoms with Crippen LogP contribution in [0.5, 0.6) is 0 Å². The number of carbonyl (C=O) groups is 2. The molecule has 2 fully saturated rings. The summed E-state index contributed by atoms with van der Waals surface area (Å²) in [7, 11) is 0. The molecular weight excluding hydrogens is 290 g/mol. The smallest absolute Gasteiger partial charge is 0.336 e. The van der Waals surface area contributed by atoms with Crippen molar-refractivity contribution in [1.29, 1.82) is 0 Å². The molecule has 2 saturated heterocycles. The Kier molecular flexibility index (Phi) is 4.52. The predicted octanol–water partition coefficient (Wildman–Crippen LogP) is 3.50. The zero-order valence-electron chi connectivity index (χ0n) is 14.4. The van der Waals surface area contributed by atoms with Crippen molar-refractivity contribution < 1.29 is 14.3 Å². The average molecular weight is 319 g/mol. The highest BCUT2D eigenvalue weighted by atomic mass is 16.6. The van der Waals surface area contributed by atoms with E-state index in [1.54, 1.807) is 0 Å². The summed E-state index contributed by atoms with van der Waals surface area (Å²) in [5, 5.41) is 3.05. The number of esters is 1. The van der Waals surface area contributed by atoms with Gasteiger partial charge in [0.05, 0.1) is 5.92 Å². The van der Waals surface area contributed by atoms with Crippen molar-refractivity contribution in [2.24, 2.45) is 11.8 Å². The molecule has 3 rings (SSSR count). The van der Waals surface area contributed by atoms with E-state index in [0.717, 1.165) is 38.5 Å². The Bertz CT molecular complexity index is 515. The van der Waals surface area contributed by atoms with Crippen LogP contribution in [0.2, 0.25) is 0 Å². The van der Waals surface area contributed by atoms with Crippen molar-refractivity contribution in [3.63, 3.8) is 0 Å². The molecule has 23 heavy (non-hydrogen) atoms. The van der Waals surface area contributed by atoms with Crippen LogP contribution in [0.1, 0.15) is 71.6 Å². The van der Waals surface area contributed by atoms with Gasteiger partial charge in [-0.3, -0.25) is 4.79 Å². The highest BCUT2D eigenvalue weighted by molar-refractivity contribution is 6.01. The molecule has 4 heteroatoms. The van der Waals surface area contributed by atoms with E-state index in [1.165, 1.54) is 12.8 Å². The van der Waals surface area contributed by atoms with Gasteiger partial charge >= 0.3 is 5.97 Å². The van der Waals surface area contributed by atoms with Crippen molar-refractivity contribution in [2.45, 2.75) is 82.8 Å². The maximum absolute atomic E-state index is 12.5. The SMILES string of the molecule is CCCCCC[C@H]1C(=O)N[C@@]2(C[C@@H]3C=CCCC3)C(=O)O[C@@]12C. The Balaban J connectivity index is 1.72. The molecule has 4 atom stereocenters. The third kappa shape index (κ3) is 2.60. The molecule has 0 unspecified atom stereocenters. The monoisotopic (exact) mass is 319 g/mol. The maximum Gasteiger partial charge on any atom is 0.336 e. The zero-order chi connectivity index (χ0) is 16.5. The highest BCUT2D eigenvalue weighted by Crippen LogP contribution is 2.53. The zero-order valence-corrected chi connectivity index (χ0v) is 14.4. The molecule has 128 valence electrons. The minimum Gasteiger partial charge on any atom is -0.453 e. The predicted molar refractivity (Wildman–Crippen MR) is 88.7 cm³/mol. The van der Waals surface area contributed by atoms with E-state index in [-0.39, 0.29) is 17.8 Å². The van der Waals surface area contributed by atoms with Crippen LogP contribution in [0.4, 0.5) is 0 Å². The molecule has 1 N–H and O–H groups in total. The Labute approximate surface area is 139 Å². The van der Waals surface area contributed by atoms with E-state index in [1.807, 2.05) is 6.92 Å².